The van der Waals surface area contributed by atoms with Crippen molar-refractivity contribution >= 4 is 5.91 Å². The Morgan fingerprint density at radius 1 is 1.47 bits per heavy atom. The molecule has 1 aliphatic rings. The molecule has 1 heterocycles. The van der Waals surface area contributed by atoms with Gasteiger partial charge in [0.05, 0.1) is 5.56 Å². The summed E-state index contributed by atoms with van der Waals surface area (Å²) in [5.74, 6) is -0.393. The number of hydrogen-bond donors (Lipinski definition) is 2. The fourth-order valence-corrected chi connectivity index (χ4v) is 2.51. The first-order valence-electron chi connectivity index (χ1n) is 6.46. The van der Waals surface area contributed by atoms with Gasteiger partial charge in [-0.05, 0) is 44.6 Å². The summed E-state index contributed by atoms with van der Waals surface area (Å²) < 4.78 is 0. The average Bonchev–Trinajstić information content (AvgIpc) is 2.77. The lowest BCUT2D eigenvalue weighted by atomic mass is 10.1. The highest BCUT2D eigenvalue weighted by molar-refractivity contribution is 5.97. The Bertz CT molecular complexity index is 476. The predicted octanol–water partition coefficient (Wildman–Crippen LogP) is 1.26. The maximum absolute atomic E-state index is 12.2. The first-order chi connectivity index (χ1) is 8.99. The lowest BCUT2D eigenvalue weighted by Crippen LogP contribution is -2.39. The van der Waals surface area contributed by atoms with Crippen molar-refractivity contribution < 1.29 is 15.0 Å². The van der Waals surface area contributed by atoms with Crippen molar-refractivity contribution in [2.45, 2.75) is 18.9 Å². The van der Waals surface area contributed by atoms with Crippen molar-refractivity contribution in [3.05, 3.63) is 23.8 Å². The third-order valence-electron chi connectivity index (χ3n) is 3.71. The minimum atomic E-state index is -0.270. The number of phenols is 2. The van der Waals surface area contributed by atoms with Gasteiger partial charge in [0.25, 0.3) is 5.91 Å². The van der Waals surface area contributed by atoms with Crippen LogP contribution in [0.25, 0.3) is 0 Å². The van der Waals surface area contributed by atoms with Gasteiger partial charge in [-0.1, -0.05) is 0 Å². The summed E-state index contributed by atoms with van der Waals surface area (Å²) in [5, 5.41) is 19.1. The minimum absolute atomic E-state index is 0.0208. The smallest absolute Gasteiger partial charge is 0.257 e. The van der Waals surface area contributed by atoms with Crippen LogP contribution in [0.4, 0.5) is 0 Å². The Hall–Kier alpha value is -1.75. The third kappa shape index (κ3) is 2.98. The topological polar surface area (TPSA) is 64.0 Å². The molecule has 1 amide bonds. The molecule has 0 radical (unpaired) electrons. The molecule has 2 N–H and O–H groups in total. The number of nitrogens with zero attached hydrogens (tertiary/aromatic N) is 2. The van der Waals surface area contributed by atoms with E-state index in [1.54, 1.807) is 11.9 Å². The Labute approximate surface area is 113 Å². The number of likely N-dealkylation sites (N-methyl/N-ethyl adjacent to an activating group) is 2. The molecule has 1 aromatic rings. The number of aromatic hydroxyl groups is 2. The van der Waals surface area contributed by atoms with Gasteiger partial charge >= 0.3 is 0 Å². The Balaban J connectivity index is 2.08. The van der Waals surface area contributed by atoms with Crippen LogP contribution >= 0.6 is 0 Å². The van der Waals surface area contributed by atoms with E-state index in [0.29, 0.717) is 12.6 Å². The molecule has 1 unspecified atom stereocenters. The number of hydrogen-bond acceptors (Lipinski definition) is 4. The summed E-state index contributed by atoms with van der Waals surface area (Å²) in [7, 11) is 3.78. The Morgan fingerprint density at radius 3 is 2.84 bits per heavy atom. The van der Waals surface area contributed by atoms with Gasteiger partial charge < -0.3 is 20.0 Å². The van der Waals surface area contributed by atoms with E-state index in [-0.39, 0.29) is 23.0 Å². The van der Waals surface area contributed by atoms with Gasteiger partial charge in [0.2, 0.25) is 0 Å². The number of carbonyl (C=O) groups excluding carboxylic acids is 1. The van der Waals surface area contributed by atoms with Crippen molar-refractivity contribution in [3.8, 4) is 11.5 Å². The molecule has 0 spiro atoms. The standard InChI is InChI=1S/C14H20N2O3/c1-15-7-3-4-10(15)9-16(2)14(19)12-8-11(17)5-6-13(12)18/h5-6,8,10,17-18H,3-4,7,9H2,1-2H3. The van der Waals surface area contributed by atoms with E-state index < -0.39 is 0 Å². The second-order valence-electron chi connectivity index (χ2n) is 5.16. The summed E-state index contributed by atoms with van der Waals surface area (Å²) in [5.41, 5.74) is 0.142. The molecule has 1 aromatic carbocycles. The molecule has 1 fully saturated rings. The Morgan fingerprint density at radius 2 is 2.21 bits per heavy atom. The molecule has 1 saturated heterocycles. The second kappa shape index (κ2) is 5.48. The van der Waals surface area contributed by atoms with Crippen LogP contribution < -0.4 is 0 Å². The Kier molecular flexibility index (Phi) is 3.95. The van der Waals surface area contributed by atoms with Gasteiger partial charge in [-0.2, -0.15) is 0 Å². The fourth-order valence-electron chi connectivity index (χ4n) is 2.51. The number of likely N-dealkylation sites (tertiary alicyclic amines) is 1. The molecule has 2 rings (SSSR count). The van der Waals surface area contributed by atoms with Crippen molar-refractivity contribution in [1.29, 1.82) is 0 Å². The van der Waals surface area contributed by atoms with Crippen LogP contribution in [0.5, 0.6) is 11.5 Å². The lowest BCUT2D eigenvalue weighted by Gasteiger charge is -2.26. The van der Waals surface area contributed by atoms with Crippen LogP contribution in [0.15, 0.2) is 18.2 Å². The van der Waals surface area contributed by atoms with E-state index >= 15 is 0 Å². The first kappa shape index (κ1) is 13.7. The molecule has 104 valence electrons. The van der Waals surface area contributed by atoms with Crippen molar-refractivity contribution in [2.75, 3.05) is 27.2 Å². The van der Waals surface area contributed by atoms with Gasteiger partial charge in [-0.3, -0.25) is 4.79 Å². The van der Waals surface area contributed by atoms with Gasteiger partial charge in [-0.25, -0.2) is 0 Å². The highest BCUT2D eigenvalue weighted by atomic mass is 16.3. The van der Waals surface area contributed by atoms with E-state index in [9.17, 15) is 15.0 Å². The molecule has 19 heavy (non-hydrogen) atoms. The number of amides is 1. The maximum Gasteiger partial charge on any atom is 0.257 e. The fraction of sp³-hybridized carbons (Fsp3) is 0.500. The third-order valence-corrected chi connectivity index (χ3v) is 3.71. The van der Waals surface area contributed by atoms with Crippen LogP contribution in [0.1, 0.15) is 23.2 Å². The molecule has 1 atom stereocenters. The summed E-state index contributed by atoms with van der Waals surface area (Å²) in [6.07, 6.45) is 2.24. The summed E-state index contributed by atoms with van der Waals surface area (Å²) in [4.78, 5) is 16.1. The highest BCUT2D eigenvalue weighted by Gasteiger charge is 2.25. The zero-order valence-electron chi connectivity index (χ0n) is 11.3. The van der Waals surface area contributed by atoms with Crippen LogP contribution in [-0.4, -0.2) is 59.1 Å². The summed E-state index contributed by atoms with van der Waals surface area (Å²) in [6.45, 7) is 1.69. The highest BCUT2D eigenvalue weighted by Crippen LogP contribution is 2.24. The molecular formula is C14H20N2O3. The SMILES string of the molecule is CN(CC1CCCN1C)C(=O)c1cc(O)ccc1O. The van der Waals surface area contributed by atoms with E-state index in [1.165, 1.54) is 18.2 Å². The van der Waals surface area contributed by atoms with Gasteiger partial charge in [-0.15, -0.1) is 0 Å². The quantitative estimate of drug-likeness (QED) is 0.807. The molecule has 1 aliphatic heterocycles. The largest absolute Gasteiger partial charge is 0.508 e. The number of benzene rings is 1. The maximum atomic E-state index is 12.2. The lowest BCUT2D eigenvalue weighted by molar-refractivity contribution is 0.0758. The molecule has 0 aromatic heterocycles. The average molecular weight is 264 g/mol. The summed E-state index contributed by atoms with van der Waals surface area (Å²) >= 11 is 0. The van der Waals surface area contributed by atoms with E-state index in [0.717, 1.165) is 19.4 Å². The minimum Gasteiger partial charge on any atom is -0.508 e. The molecule has 0 aliphatic carbocycles. The van der Waals surface area contributed by atoms with Gasteiger partial charge in [0.15, 0.2) is 0 Å². The molecule has 0 bridgehead atoms. The number of rotatable bonds is 3. The second-order valence-corrected chi connectivity index (χ2v) is 5.16. The molecule has 5 nitrogen and oxygen atoms in total. The number of carbonyl (C=O) groups is 1. The van der Waals surface area contributed by atoms with E-state index in [4.69, 9.17) is 0 Å². The van der Waals surface area contributed by atoms with Crippen molar-refractivity contribution in [2.24, 2.45) is 0 Å². The van der Waals surface area contributed by atoms with E-state index in [2.05, 4.69) is 11.9 Å². The molecular weight excluding hydrogens is 244 g/mol. The van der Waals surface area contributed by atoms with Crippen molar-refractivity contribution in [3.63, 3.8) is 0 Å². The normalized spacial score (nSPS) is 19.6. The van der Waals surface area contributed by atoms with Crippen LogP contribution in [0, 0.1) is 0 Å². The first-order valence-corrected chi connectivity index (χ1v) is 6.46. The monoisotopic (exact) mass is 264 g/mol. The van der Waals surface area contributed by atoms with Crippen LogP contribution in [0.2, 0.25) is 0 Å². The van der Waals surface area contributed by atoms with Crippen LogP contribution in [-0.2, 0) is 0 Å². The van der Waals surface area contributed by atoms with Crippen molar-refractivity contribution in [1.82, 2.24) is 9.80 Å². The zero-order valence-corrected chi connectivity index (χ0v) is 11.3. The molecule has 0 saturated carbocycles. The number of phenolic OH excluding ortho intramolecular Hbond substituents is 2. The zero-order chi connectivity index (χ0) is 14.0. The van der Waals surface area contributed by atoms with Gasteiger partial charge in [0, 0.05) is 19.6 Å². The van der Waals surface area contributed by atoms with E-state index in [1.807, 2.05) is 0 Å². The summed E-state index contributed by atoms with van der Waals surface area (Å²) in [6, 6.07) is 4.36. The van der Waals surface area contributed by atoms with Gasteiger partial charge in [0.1, 0.15) is 11.5 Å². The molecule has 5 heteroatoms. The van der Waals surface area contributed by atoms with Crippen LogP contribution in [0.3, 0.4) is 0 Å². The predicted molar refractivity (Wildman–Crippen MR) is 72.4 cm³/mol.